The van der Waals surface area contributed by atoms with Gasteiger partial charge in [-0.15, -0.1) is 0 Å². The Bertz CT molecular complexity index is 340. The third-order valence-corrected chi connectivity index (χ3v) is 4.33. The summed E-state index contributed by atoms with van der Waals surface area (Å²) in [5, 5.41) is 3.17. The number of hydrogen-bond donors (Lipinski definition) is 1. The maximum absolute atomic E-state index is 12.7. The lowest BCUT2D eigenvalue weighted by molar-refractivity contribution is -0.163. The van der Waals surface area contributed by atoms with Crippen molar-refractivity contribution >= 4 is 5.91 Å². The van der Waals surface area contributed by atoms with Gasteiger partial charge in [-0.2, -0.15) is 13.2 Å². The summed E-state index contributed by atoms with van der Waals surface area (Å²) in [7, 11) is 0. The smallest absolute Gasteiger partial charge is 0.316 e. The molecule has 1 heterocycles. The molecule has 0 aromatic carbocycles. The largest absolute Gasteiger partial charge is 0.406 e. The third-order valence-electron chi connectivity index (χ3n) is 4.33. The zero-order valence-corrected chi connectivity index (χ0v) is 11.9. The molecule has 0 aromatic heterocycles. The predicted octanol–water partition coefficient (Wildman–Crippen LogP) is 3.06. The zero-order chi connectivity index (χ0) is 14.8. The van der Waals surface area contributed by atoms with Crippen molar-refractivity contribution in [3.8, 4) is 0 Å². The maximum atomic E-state index is 12.7. The monoisotopic (exact) mass is 292 g/mol. The summed E-state index contributed by atoms with van der Waals surface area (Å²) >= 11 is 0. The molecule has 0 spiro atoms. The van der Waals surface area contributed by atoms with Gasteiger partial charge >= 0.3 is 6.18 Å². The van der Waals surface area contributed by atoms with Crippen molar-refractivity contribution in [1.29, 1.82) is 0 Å². The van der Waals surface area contributed by atoms with Gasteiger partial charge in [0, 0.05) is 0 Å². The van der Waals surface area contributed by atoms with E-state index in [1.54, 1.807) is 0 Å². The first kappa shape index (κ1) is 15.6. The molecule has 2 atom stereocenters. The summed E-state index contributed by atoms with van der Waals surface area (Å²) in [6.07, 6.45) is 1.63. The van der Waals surface area contributed by atoms with Gasteiger partial charge in [-0.05, 0) is 25.2 Å². The van der Waals surface area contributed by atoms with Crippen molar-refractivity contribution in [2.24, 2.45) is 5.92 Å². The number of alkyl halides is 3. The van der Waals surface area contributed by atoms with Gasteiger partial charge in [0.2, 0.25) is 5.91 Å². The lowest BCUT2D eigenvalue weighted by Crippen LogP contribution is -2.46. The van der Waals surface area contributed by atoms with Crippen molar-refractivity contribution in [1.82, 2.24) is 10.2 Å². The van der Waals surface area contributed by atoms with Gasteiger partial charge in [-0.1, -0.05) is 32.6 Å². The molecule has 0 radical (unpaired) electrons. The van der Waals surface area contributed by atoms with Gasteiger partial charge in [0.1, 0.15) is 6.54 Å². The van der Waals surface area contributed by atoms with E-state index in [9.17, 15) is 18.0 Å². The Morgan fingerprint density at radius 1 is 1.30 bits per heavy atom. The number of halogens is 3. The Hall–Kier alpha value is -0.780. The second kappa shape index (κ2) is 6.33. The van der Waals surface area contributed by atoms with Crippen LogP contribution in [0.3, 0.4) is 0 Å². The molecule has 2 fully saturated rings. The highest BCUT2D eigenvalue weighted by molar-refractivity contribution is 5.84. The first-order valence-electron chi connectivity index (χ1n) is 7.55. The second-order valence-electron chi connectivity index (χ2n) is 5.93. The van der Waals surface area contributed by atoms with Crippen LogP contribution in [0.2, 0.25) is 0 Å². The summed E-state index contributed by atoms with van der Waals surface area (Å²) in [6.45, 7) is 0.893. The molecule has 0 bridgehead atoms. The number of rotatable bonds is 5. The minimum atomic E-state index is -4.33. The Balaban J connectivity index is 2.07. The lowest BCUT2D eigenvalue weighted by Gasteiger charge is -2.29. The van der Waals surface area contributed by atoms with Crippen molar-refractivity contribution in [3.63, 3.8) is 0 Å². The van der Waals surface area contributed by atoms with Crippen LogP contribution in [0.4, 0.5) is 13.2 Å². The van der Waals surface area contributed by atoms with Crippen LogP contribution in [0.15, 0.2) is 0 Å². The van der Waals surface area contributed by atoms with E-state index in [1.165, 1.54) is 0 Å². The van der Waals surface area contributed by atoms with Crippen molar-refractivity contribution in [3.05, 3.63) is 0 Å². The fraction of sp³-hybridized carbons (Fsp3) is 0.929. The molecule has 0 aromatic rings. The van der Waals surface area contributed by atoms with E-state index >= 15 is 0 Å². The van der Waals surface area contributed by atoms with Crippen molar-refractivity contribution in [2.75, 3.05) is 6.54 Å². The molecule has 1 saturated carbocycles. The Morgan fingerprint density at radius 2 is 1.95 bits per heavy atom. The Morgan fingerprint density at radius 3 is 2.50 bits per heavy atom. The molecule has 6 heteroatoms. The summed E-state index contributed by atoms with van der Waals surface area (Å²) in [4.78, 5) is 13.3. The summed E-state index contributed by atoms with van der Waals surface area (Å²) < 4.78 is 38.1. The molecule has 1 saturated heterocycles. The minimum Gasteiger partial charge on any atom is -0.316 e. The number of carbonyl (C=O) groups is 1. The number of nitrogens with zero attached hydrogens (tertiary/aromatic N) is 1. The van der Waals surface area contributed by atoms with Gasteiger partial charge in [0.15, 0.2) is 0 Å². The van der Waals surface area contributed by atoms with Gasteiger partial charge in [0.25, 0.3) is 0 Å². The highest BCUT2D eigenvalue weighted by Gasteiger charge is 2.46. The van der Waals surface area contributed by atoms with Crippen LogP contribution in [-0.2, 0) is 4.79 Å². The van der Waals surface area contributed by atoms with E-state index in [0.29, 0.717) is 6.42 Å². The summed E-state index contributed by atoms with van der Waals surface area (Å²) in [5.74, 6) is -0.194. The second-order valence-corrected chi connectivity index (χ2v) is 5.93. The van der Waals surface area contributed by atoms with Crippen LogP contribution in [0, 0.1) is 5.92 Å². The van der Waals surface area contributed by atoms with E-state index in [1.807, 2.05) is 6.92 Å². The van der Waals surface area contributed by atoms with Gasteiger partial charge in [0.05, 0.1) is 12.2 Å². The van der Waals surface area contributed by atoms with Crippen LogP contribution >= 0.6 is 0 Å². The van der Waals surface area contributed by atoms with Crippen molar-refractivity contribution < 1.29 is 18.0 Å². The van der Waals surface area contributed by atoms with Crippen LogP contribution < -0.4 is 5.32 Å². The molecule has 20 heavy (non-hydrogen) atoms. The standard InChI is InChI=1S/C14H23F3N2O/c1-2-3-8-11-13(20)19(9-14(15,16)17)12(18-11)10-6-4-5-7-10/h10-12,18H,2-9H2,1H3. The minimum absolute atomic E-state index is 0.174. The highest BCUT2D eigenvalue weighted by atomic mass is 19.4. The predicted molar refractivity (Wildman–Crippen MR) is 70.0 cm³/mol. The number of hydrogen-bond acceptors (Lipinski definition) is 2. The fourth-order valence-corrected chi connectivity index (χ4v) is 3.35. The third kappa shape index (κ3) is 3.65. The molecule has 2 unspecified atom stereocenters. The molecular weight excluding hydrogens is 269 g/mol. The van der Waals surface area contributed by atoms with Gasteiger partial charge in [-0.3, -0.25) is 10.1 Å². The SMILES string of the molecule is CCCCC1NC(C2CCCC2)N(CC(F)(F)F)C1=O. The summed E-state index contributed by atoms with van der Waals surface area (Å²) in [6, 6.07) is -0.428. The molecular formula is C14H23F3N2O. The van der Waals surface area contributed by atoms with Gasteiger partial charge in [-0.25, -0.2) is 0 Å². The van der Waals surface area contributed by atoms with Crippen molar-refractivity contribution in [2.45, 2.75) is 70.3 Å². The Labute approximate surface area is 117 Å². The molecule has 1 aliphatic heterocycles. The average Bonchev–Trinajstić information content (AvgIpc) is 2.96. The maximum Gasteiger partial charge on any atom is 0.406 e. The number of amides is 1. The number of carbonyl (C=O) groups excluding carboxylic acids is 1. The lowest BCUT2D eigenvalue weighted by atomic mass is 10.0. The van der Waals surface area contributed by atoms with E-state index in [2.05, 4.69) is 5.32 Å². The van der Waals surface area contributed by atoms with Crippen LogP contribution in [0.25, 0.3) is 0 Å². The number of nitrogens with one attached hydrogen (secondary N) is 1. The normalized spacial score (nSPS) is 28.6. The van der Waals surface area contributed by atoms with E-state index in [0.717, 1.165) is 43.4 Å². The molecule has 2 aliphatic rings. The Kier molecular flexibility index (Phi) is 4.94. The van der Waals surface area contributed by atoms with Crippen LogP contribution in [-0.4, -0.2) is 35.7 Å². The summed E-state index contributed by atoms with van der Waals surface area (Å²) in [5.41, 5.74) is 0. The van der Waals surface area contributed by atoms with Gasteiger partial charge < -0.3 is 4.90 Å². The molecule has 1 amide bonds. The average molecular weight is 292 g/mol. The van der Waals surface area contributed by atoms with E-state index in [-0.39, 0.29) is 11.8 Å². The molecule has 116 valence electrons. The van der Waals surface area contributed by atoms with Crippen LogP contribution in [0.1, 0.15) is 51.9 Å². The molecule has 1 N–H and O–H groups in total. The van der Waals surface area contributed by atoms with E-state index in [4.69, 9.17) is 0 Å². The number of unbranched alkanes of at least 4 members (excludes halogenated alkanes) is 1. The molecule has 2 rings (SSSR count). The van der Waals surface area contributed by atoms with Crippen LogP contribution in [0.5, 0.6) is 0 Å². The first-order valence-corrected chi connectivity index (χ1v) is 7.55. The first-order chi connectivity index (χ1) is 9.42. The molecule has 1 aliphatic carbocycles. The topological polar surface area (TPSA) is 32.3 Å². The fourth-order valence-electron chi connectivity index (χ4n) is 3.35. The zero-order valence-electron chi connectivity index (χ0n) is 11.9. The molecule has 3 nitrogen and oxygen atoms in total. The quantitative estimate of drug-likeness (QED) is 0.844. The highest BCUT2D eigenvalue weighted by Crippen LogP contribution is 2.34. The van der Waals surface area contributed by atoms with E-state index < -0.39 is 24.9 Å².